The number of nitrogens with two attached hydrogens (primary N) is 1. The number of nitrogen functional groups attached to an aromatic ring is 1. The van der Waals surface area contributed by atoms with Gasteiger partial charge in [-0.2, -0.15) is 0 Å². The summed E-state index contributed by atoms with van der Waals surface area (Å²) in [6, 6.07) is 18.3. The molecule has 3 N–H and O–H groups in total. The average Bonchev–Trinajstić information content (AvgIpc) is 2.33. The van der Waals surface area contributed by atoms with Crippen molar-refractivity contribution >= 4 is 36.2 Å². The third-order valence-corrected chi connectivity index (χ3v) is 2.53. The zero-order valence-corrected chi connectivity index (χ0v) is 11.6. The topological polar surface area (TPSA) is 38.0 Å². The summed E-state index contributed by atoms with van der Waals surface area (Å²) in [6.45, 7) is 0.901. The van der Waals surface area contributed by atoms with Gasteiger partial charge in [0.05, 0.1) is 11.4 Å². The summed E-state index contributed by atoms with van der Waals surface area (Å²) in [4.78, 5) is 0. The first-order chi connectivity index (χ1) is 7.86. The van der Waals surface area contributed by atoms with Gasteiger partial charge in [-0.25, -0.2) is 0 Å². The first-order valence-corrected chi connectivity index (χ1v) is 5.48. The summed E-state index contributed by atoms with van der Waals surface area (Å²) in [6.07, 6.45) is 1.01. The van der Waals surface area contributed by atoms with E-state index in [0.717, 1.165) is 24.3 Å². The van der Waals surface area contributed by atoms with E-state index in [4.69, 9.17) is 5.73 Å². The van der Waals surface area contributed by atoms with Gasteiger partial charge in [-0.3, -0.25) is 0 Å². The molecule has 0 atom stereocenters. The van der Waals surface area contributed by atoms with Crippen LogP contribution in [-0.2, 0) is 6.42 Å². The van der Waals surface area contributed by atoms with E-state index in [1.807, 2.05) is 30.3 Å². The average molecular weight is 285 g/mol. The Morgan fingerprint density at radius 3 is 2.11 bits per heavy atom. The van der Waals surface area contributed by atoms with Gasteiger partial charge in [0.15, 0.2) is 0 Å². The van der Waals surface area contributed by atoms with Gasteiger partial charge in [0, 0.05) is 6.54 Å². The molecule has 0 bridgehead atoms. The van der Waals surface area contributed by atoms with Crippen LogP contribution in [0.1, 0.15) is 5.56 Å². The summed E-state index contributed by atoms with van der Waals surface area (Å²) < 4.78 is 0. The summed E-state index contributed by atoms with van der Waals surface area (Å²) >= 11 is 0. The van der Waals surface area contributed by atoms with Crippen LogP contribution in [0, 0.1) is 0 Å². The van der Waals surface area contributed by atoms with Crippen LogP contribution in [0.2, 0.25) is 0 Å². The number of rotatable bonds is 4. The highest BCUT2D eigenvalue weighted by Gasteiger charge is 1.96. The molecule has 0 saturated heterocycles. The highest BCUT2D eigenvalue weighted by molar-refractivity contribution is 5.85. The van der Waals surface area contributed by atoms with E-state index in [-0.39, 0.29) is 24.8 Å². The lowest BCUT2D eigenvalue weighted by Gasteiger charge is -2.08. The molecule has 0 amide bonds. The van der Waals surface area contributed by atoms with Gasteiger partial charge in [0.25, 0.3) is 0 Å². The second-order valence-electron chi connectivity index (χ2n) is 3.75. The van der Waals surface area contributed by atoms with Crippen molar-refractivity contribution in [3.63, 3.8) is 0 Å². The Kier molecular flexibility index (Phi) is 8.01. The van der Waals surface area contributed by atoms with Crippen molar-refractivity contribution in [3.8, 4) is 0 Å². The molecule has 0 heterocycles. The molecule has 0 aliphatic heterocycles. The number of hydrogen-bond donors (Lipinski definition) is 2. The smallest absolute Gasteiger partial charge is 0.0574 e. The fourth-order valence-corrected chi connectivity index (χ4v) is 1.64. The number of hydrogen-bond acceptors (Lipinski definition) is 2. The zero-order valence-electron chi connectivity index (χ0n) is 10.0. The molecule has 2 rings (SSSR count). The van der Waals surface area contributed by atoms with Gasteiger partial charge in [0.2, 0.25) is 0 Å². The minimum Gasteiger partial charge on any atom is -0.397 e. The van der Waals surface area contributed by atoms with Crippen molar-refractivity contribution in [2.24, 2.45) is 0 Å². The van der Waals surface area contributed by atoms with E-state index in [2.05, 4.69) is 29.6 Å². The number of nitrogens with one attached hydrogen (secondary N) is 1. The number of para-hydroxylation sites is 2. The molecule has 4 heteroatoms. The Morgan fingerprint density at radius 2 is 1.44 bits per heavy atom. The van der Waals surface area contributed by atoms with Crippen LogP contribution in [0.4, 0.5) is 11.4 Å². The summed E-state index contributed by atoms with van der Waals surface area (Å²) in [5, 5.41) is 3.34. The molecule has 0 fully saturated rings. The van der Waals surface area contributed by atoms with E-state index >= 15 is 0 Å². The largest absolute Gasteiger partial charge is 0.397 e. The fraction of sp³-hybridized carbons (Fsp3) is 0.143. The molecule has 2 aromatic carbocycles. The second kappa shape index (κ2) is 8.67. The fourth-order valence-electron chi connectivity index (χ4n) is 1.64. The molecule has 0 radical (unpaired) electrons. The van der Waals surface area contributed by atoms with Crippen LogP contribution >= 0.6 is 24.8 Å². The Morgan fingerprint density at radius 1 is 0.833 bits per heavy atom. The van der Waals surface area contributed by atoms with E-state index < -0.39 is 0 Å². The monoisotopic (exact) mass is 284 g/mol. The molecule has 0 unspecified atom stereocenters. The SMILES string of the molecule is Cl.Cl.Nc1ccccc1NCCc1ccccc1. The van der Waals surface area contributed by atoms with Gasteiger partial charge in [-0.1, -0.05) is 42.5 Å². The van der Waals surface area contributed by atoms with Crippen LogP contribution in [0.25, 0.3) is 0 Å². The van der Waals surface area contributed by atoms with Crippen LogP contribution in [0.5, 0.6) is 0 Å². The molecule has 0 spiro atoms. The highest BCUT2D eigenvalue weighted by atomic mass is 35.5. The molecular weight excluding hydrogens is 267 g/mol. The zero-order chi connectivity index (χ0) is 11.2. The first-order valence-electron chi connectivity index (χ1n) is 5.48. The van der Waals surface area contributed by atoms with Gasteiger partial charge < -0.3 is 11.1 Å². The van der Waals surface area contributed by atoms with Crippen molar-refractivity contribution < 1.29 is 0 Å². The van der Waals surface area contributed by atoms with Crippen molar-refractivity contribution in [1.82, 2.24) is 0 Å². The third kappa shape index (κ3) is 4.86. The highest BCUT2D eigenvalue weighted by Crippen LogP contribution is 2.16. The number of benzene rings is 2. The van der Waals surface area contributed by atoms with E-state index in [1.54, 1.807) is 0 Å². The molecule has 0 aromatic heterocycles. The van der Waals surface area contributed by atoms with Crippen molar-refractivity contribution in [2.75, 3.05) is 17.6 Å². The van der Waals surface area contributed by atoms with Crippen molar-refractivity contribution in [3.05, 3.63) is 60.2 Å². The molecule has 0 saturated carbocycles. The van der Waals surface area contributed by atoms with Crippen LogP contribution in [0.15, 0.2) is 54.6 Å². The maximum atomic E-state index is 5.84. The van der Waals surface area contributed by atoms with Gasteiger partial charge in [-0.15, -0.1) is 24.8 Å². The van der Waals surface area contributed by atoms with Gasteiger partial charge >= 0.3 is 0 Å². The van der Waals surface area contributed by atoms with E-state index in [1.165, 1.54) is 5.56 Å². The predicted octanol–water partition coefficient (Wildman–Crippen LogP) is 3.77. The lowest BCUT2D eigenvalue weighted by molar-refractivity contribution is 1.02. The summed E-state index contributed by atoms with van der Waals surface area (Å²) in [5.74, 6) is 0. The third-order valence-electron chi connectivity index (χ3n) is 2.53. The quantitative estimate of drug-likeness (QED) is 0.839. The maximum absolute atomic E-state index is 5.84. The van der Waals surface area contributed by atoms with Gasteiger partial charge in [0.1, 0.15) is 0 Å². The van der Waals surface area contributed by atoms with E-state index in [0.29, 0.717) is 0 Å². The number of halogens is 2. The van der Waals surface area contributed by atoms with Crippen LogP contribution in [-0.4, -0.2) is 6.54 Å². The minimum absolute atomic E-state index is 0. The molecule has 2 nitrogen and oxygen atoms in total. The van der Waals surface area contributed by atoms with Crippen molar-refractivity contribution in [1.29, 1.82) is 0 Å². The minimum atomic E-state index is 0. The molecule has 18 heavy (non-hydrogen) atoms. The Labute approximate surface area is 120 Å². The van der Waals surface area contributed by atoms with Crippen LogP contribution < -0.4 is 11.1 Å². The predicted molar refractivity (Wildman–Crippen MR) is 84.0 cm³/mol. The molecule has 98 valence electrons. The molecule has 0 aliphatic carbocycles. The Bertz CT molecular complexity index is 447. The lowest BCUT2D eigenvalue weighted by atomic mass is 10.1. The molecular formula is C14H18Cl2N2. The first kappa shape index (κ1) is 16.6. The summed E-state index contributed by atoms with van der Waals surface area (Å²) in [5.41, 5.74) is 8.99. The molecule has 2 aromatic rings. The van der Waals surface area contributed by atoms with Gasteiger partial charge in [-0.05, 0) is 24.1 Å². The summed E-state index contributed by atoms with van der Waals surface area (Å²) in [7, 11) is 0. The Hall–Kier alpha value is -1.38. The van der Waals surface area contributed by atoms with E-state index in [9.17, 15) is 0 Å². The second-order valence-corrected chi connectivity index (χ2v) is 3.75. The maximum Gasteiger partial charge on any atom is 0.0574 e. The lowest BCUT2D eigenvalue weighted by Crippen LogP contribution is -2.06. The van der Waals surface area contributed by atoms with Crippen LogP contribution in [0.3, 0.4) is 0 Å². The normalized spacial score (nSPS) is 8.89. The molecule has 0 aliphatic rings. The number of anilines is 2. The standard InChI is InChI=1S/C14H16N2.2ClH/c15-13-8-4-5-9-14(13)16-11-10-12-6-2-1-3-7-12;;/h1-9,16H,10-11,15H2;2*1H. The van der Waals surface area contributed by atoms with Crippen molar-refractivity contribution in [2.45, 2.75) is 6.42 Å². The Balaban J connectivity index is 0.00000144.